The van der Waals surface area contributed by atoms with Crippen LogP contribution in [-0.2, 0) is 4.79 Å². The van der Waals surface area contributed by atoms with Crippen LogP contribution < -0.4 is 5.32 Å². The van der Waals surface area contributed by atoms with E-state index in [-0.39, 0.29) is 17.4 Å². The summed E-state index contributed by atoms with van der Waals surface area (Å²) in [6.45, 7) is 0. The molecule has 0 bridgehead atoms. The maximum Gasteiger partial charge on any atom is 0.275 e. The second-order valence-electron chi connectivity index (χ2n) is 3.94. The fourth-order valence-electron chi connectivity index (χ4n) is 1.74. The summed E-state index contributed by atoms with van der Waals surface area (Å²) in [6.07, 6.45) is 1.45. The van der Waals surface area contributed by atoms with E-state index < -0.39 is 0 Å². The van der Waals surface area contributed by atoms with Crippen molar-refractivity contribution in [3.63, 3.8) is 0 Å². The molecular formula is C14H9FN2OS. The zero-order chi connectivity index (χ0) is 13.2. The summed E-state index contributed by atoms with van der Waals surface area (Å²) in [4.78, 5) is 16.9. The molecule has 1 aliphatic rings. The molecule has 1 aromatic carbocycles. The molecule has 0 saturated heterocycles. The van der Waals surface area contributed by atoms with E-state index in [4.69, 9.17) is 0 Å². The van der Waals surface area contributed by atoms with Gasteiger partial charge in [0.25, 0.3) is 5.91 Å². The number of nitrogens with zero attached hydrogens (tertiary/aromatic N) is 1. The minimum atomic E-state index is -0.373. The number of aliphatic imine (C=N–C) groups is 1. The minimum Gasteiger partial charge on any atom is -0.304 e. The molecule has 1 amide bonds. The summed E-state index contributed by atoms with van der Waals surface area (Å²) >= 11 is 1.49. The van der Waals surface area contributed by atoms with Crippen LogP contribution in [0.25, 0.3) is 6.08 Å². The van der Waals surface area contributed by atoms with Crippen molar-refractivity contribution in [3.05, 3.63) is 63.7 Å². The van der Waals surface area contributed by atoms with E-state index in [1.807, 2.05) is 17.5 Å². The van der Waals surface area contributed by atoms with E-state index in [0.29, 0.717) is 11.4 Å². The Morgan fingerprint density at radius 1 is 1.21 bits per heavy atom. The van der Waals surface area contributed by atoms with Gasteiger partial charge >= 0.3 is 0 Å². The molecule has 3 nitrogen and oxygen atoms in total. The molecule has 0 fully saturated rings. The number of hydrogen-bond donors (Lipinski definition) is 1. The van der Waals surface area contributed by atoms with Gasteiger partial charge in [-0.3, -0.25) is 4.79 Å². The number of amidine groups is 1. The Kier molecular flexibility index (Phi) is 2.97. The van der Waals surface area contributed by atoms with Gasteiger partial charge in [0.2, 0.25) is 0 Å². The molecule has 0 unspecified atom stereocenters. The molecule has 94 valence electrons. The highest BCUT2D eigenvalue weighted by atomic mass is 32.1. The molecular weight excluding hydrogens is 263 g/mol. The maximum absolute atomic E-state index is 13.5. The quantitative estimate of drug-likeness (QED) is 0.839. The van der Waals surface area contributed by atoms with Crippen LogP contribution in [0.5, 0.6) is 0 Å². The molecule has 1 N–H and O–H groups in total. The normalized spacial score (nSPS) is 16.6. The standard InChI is InChI=1S/C14H9FN2OS/c15-10-5-2-1-4-9(10)8-11-14(18)17-13(16-11)12-6-3-7-19-12/h1-8H,(H,16,17,18)/b11-8-. The van der Waals surface area contributed by atoms with E-state index in [1.54, 1.807) is 18.2 Å². The van der Waals surface area contributed by atoms with E-state index in [2.05, 4.69) is 10.3 Å². The Morgan fingerprint density at radius 2 is 2.05 bits per heavy atom. The molecule has 2 heterocycles. The molecule has 0 aliphatic carbocycles. The topological polar surface area (TPSA) is 41.5 Å². The van der Waals surface area contributed by atoms with Crippen LogP contribution in [-0.4, -0.2) is 11.7 Å². The molecule has 5 heteroatoms. The Morgan fingerprint density at radius 3 is 2.79 bits per heavy atom. The van der Waals surface area contributed by atoms with E-state index in [0.717, 1.165) is 4.88 Å². The van der Waals surface area contributed by atoms with Crippen molar-refractivity contribution in [2.45, 2.75) is 0 Å². The van der Waals surface area contributed by atoms with Crippen molar-refractivity contribution in [1.29, 1.82) is 0 Å². The van der Waals surface area contributed by atoms with Crippen molar-refractivity contribution in [2.24, 2.45) is 4.99 Å². The highest BCUT2D eigenvalue weighted by Crippen LogP contribution is 2.18. The molecule has 0 spiro atoms. The number of nitrogens with one attached hydrogen (secondary N) is 1. The summed E-state index contributed by atoms with van der Waals surface area (Å²) in [6, 6.07) is 10.0. The first kappa shape index (κ1) is 11.8. The highest BCUT2D eigenvalue weighted by Gasteiger charge is 2.21. The predicted octanol–water partition coefficient (Wildman–Crippen LogP) is 2.80. The van der Waals surface area contributed by atoms with E-state index in [1.165, 1.54) is 23.5 Å². The first-order chi connectivity index (χ1) is 9.24. The number of rotatable bonds is 2. The van der Waals surface area contributed by atoms with Gasteiger partial charge in [0.1, 0.15) is 11.5 Å². The Bertz CT molecular complexity index is 689. The average molecular weight is 272 g/mol. The molecule has 1 aromatic heterocycles. The molecule has 3 rings (SSSR count). The lowest BCUT2D eigenvalue weighted by Gasteiger charge is -1.96. The molecule has 2 aromatic rings. The molecule has 0 saturated carbocycles. The summed E-state index contributed by atoms with van der Waals surface area (Å²) in [5, 5.41) is 4.58. The van der Waals surface area contributed by atoms with Gasteiger partial charge in [-0.15, -0.1) is 11.3 Å². The van der Waals surface area contributed by atoms with Crippen LogP contribution in [0.3, 0.4) is 0 Å². The average Bonchev–Trinajstić information content (AvgIpc) is 3.02. The van der Waals surface area contributed by atoms with Gasteiger partial charge in [0.05, 0.1) is 4.88 Å². The molecule has 1 aliphatic heterocycles. The summed E-state index contributed by atoms with van der Waals surface area (Å²) < 4.78 is 13.5. The van der Waals surface area contributed by atoms with E-state index >= 15 is 0 Å². The monoisotopic (exact) mass is 272 g/mol. The third kappa shape index (κ3) is 2.32. The van der Waals surface area contributed by atoms with Gasteiger partial charge < -0.3 is 5.32 Å². The van der Waals surface area contributed by atoms with Crippen molar-refractivity contribution in [1.82, 2.24) is 5.32 Å². The predicted molar refractivity (Wildman–Crippen MR) is 73.4 cm³/mol. The zero-order valence-corrected chi connectivity index (χ0v) is 10.6. The van der Waals surface area contributed by atoms with Crippen molar-refractivity contribution in [2.75, 3.05) is 0 Å². The number of carbonyl (C=O) groups excluding carboxylic acids is 1. The zero-order valence-electron chi connectivity index (χ0n) is 9.76. The Balaban J connectivity index is 1.98. The molecule has 0 radical (unpaired) electrons. The summed E-state index contributed by atoms with van der Waals surface area (Å²) in [5.41, 5.74) is 0.567. The number of halogens is 1. The fourth-order valence-corrected chi connectivity index (χ4v) is 2.41. The number of amides is 1. The number of hydrogen-bond acceptors (Lipinski definition) is 3. The largest absolute Gasteiger partial charge is 0.304 e. The Labute approximate surface area is 113 Å². The summed E-state index contributed by atoms with van der Waals surface area (Å²) in [5.74, 6) is -0.170. The fraction of sp³-hybridized carbons (Fsp3) is 0. The second kappa shape index (κ2) is 4.78. The smallest absolute Gasteiger partial charge is 0.275 e. The van der Waals surface area contributed by atoms with E-state index in [9.17, 15) is 9.18 Å². The number of benzene rings is 1. The SMILES string of the molecule is O=C1NC(c2cccs2)=N/C1=C\c1ccccc1F. The van der Waals surface area contributed by atoms with Gasteiger partial charge in [-0.1, -0.05) is 24.3 Å². The van der Waals surface area contributed by atoms with Gasteiger partial charge in [-0.2, -0.15) is 0 Å². The molecule has 19 heavy (non-hydrogen) atoms. The molecule has 0 atom stereocenters. The summed E-state index contributed by atoms with van der Waals surface area (Å²) in [7, 11) is 0. The first-order valence-corrected chi connectivity index (χ1v) is 6.52. The third-order valence-electron chi connectivity index (χ3n) is 2.65. The Hall–Kier alpha value is -2.27. The lowest BCUT2D eigenvalue weighted by molar-refractivity contribution is -0.115. The maximum atomic E-state index is 13.5. The number of thiophene rings is 1. The van der Waals surface area contributed by atoms with Crippen LogP contribution in [0.4, 0.5) is 4.39 Å². The van der Waals surface area contributed by atoms with Crippen LogP contribution in [0.2, 0.25) is 0 Å². The van der Waals surface area contributed by atoms with Crippen molar-refractivity contribution in [3.8, 4) is 0 Å². The van der Waals surface area contributed by atoms with Gasteiger partial charge in [-0.05, 0) is 23.6 Å². The number of carbonyl (C=O) groups is 1. The van der Waals surface area contributed by atoms with Gasteiger partial charge in [0, 0.05) is 5.56 Å². The van der Waals surface area contributed by atoms with Crippen molar-refractivity contribution < 1.29 is 9.18 Å². The van der Waals surface area contributed by atoms with Crippen molar-refractivity contribution >= 4 is 29.2 Å². The lowest BCUT2D eigenvalue weighted by Crippen LogP contribution is -2.23. The van der Waals surface area contributed by atoms with Crippen LogP contribution in [0.15, 0.2) is 52.5 Å². The van der Waals surface area contributed by atoms with Gasteiger partial charge in [0.15, 0.2) is 5.84 Å². The van der Waals surface area contributed by atoms with Crippen LogP contribution in [0, 0.1) is 5.82 Å². The second-order valence-corrected chi connectivity index (χ2v) is 4.89. The minimum absolute atomic E-state index is 0.216. The van der Waals surface area contributed by atoms with Crippen LogP contribution >= 0.6 is 11.3 Å². The lowest BCUT2D eigenvalue weighted by atomic mass is 10.2. The van der Waals surface area contributed by atoms with Gasteiger partial charge in [-0.25, -0.2) is 9.38 Å². The highest BCUT2D eigenvalue weighted by molar-refractivity contribution is 7.12. The first-order valence-electron chi connectivity index (χ1n) is 5.64. The van der Waals surface area contributed by atoms with Crippen LogP contribution in [0.1, 0.15) is 10.4 Å². The third-order valence-corrected chi connectivity index (χ3v) is 3.53.